The summed E-state index contributed by atoms with van der Waals surface area (Å²) in [5.41, 5.74) is 1.22. The van der Waals surface area contributed by atoms with Crippen LogP contribution in [-0.4, -0.2) is 64.9 Å². The molecule has 3 aromatic rings. The van der Waals surface area contributed by atoms with E-state index in [1.54, 1.807) is 35.2 Å². The molecule has 1 amide bonds. The summed E-state index contributed by atoms with van der Waals surface area (Å²) in [7, 11) is 0. The van der Waals surface area contributed by atoms with Crippen LogP contribution in [0, 0.1) is 17.1 Å². The highest BCUT2D eigenvalue weighted by molar-refractivity contribution is 5.95. The maximum Gasteiger partial charge on any atom is 0.272 e. The van der Waals surface area contributed by atoms with Crippen LogP contribution >= 0.6 is 0 Å². The zero-order valence-electron chi connectivity index (χ0n) is 22.0. The van der Waals surface area contributed by atoms with Gasteiger partial charge in [-0.05, 0) is 68.0 Å². The fraction of sp³-hybridized carbons (Fsp3) is 0.300. The summed E-state index contributed by atoms with van der Waals surface area (Å²) in [5, 5.41) is 16.9. The molecular weight excluding hydrogens is 511 g/mol. The van der Waals surface area contributed by atoms with Gasteiger partial charge in [0.1, 0.15) is 17.4 Å². The molecule has 1 aromatic heterocycles. The molecule has 1 aliphatic heterocycles. The first kappa shape index (κ1) is 26.8. The van der Waals surface area contributed by atoms with Crippen LogP contribution in [-0.2, 0) is 6.42 Å². The van der Waals surface area contributed by atoms with E-state index < -0.39 is 11.7 Å². The second kappa shape index (κ2) is 11.5. The molecule has 1 saturated heterocycles. The Kier molecular flexibility index (Phi) is 7.73. The molecule has 0 atom stereocenters. The fourth-order valence-electron chi connectivity index (χ4n) is 4.86. The second-order valence-corrected chi connectivity index (χ2v) is 9.95. The quantitative estimate of drug-likeness (QED) is 0.263. The minimum Gasteiger partial charge on any atom is -0.490 e. The van der Waals surface area contributed by atoms with Crippen LogP contribution in [0.3, 0.4) is 0 Å². The lowest BCUT2D eigenvalue weighted by molar-refractivity contribution is 0.0664. The Labute approximate surface area is 230 Å². The van der Waals surface area contributed by atoms with Gasteiger partial charge in [0.15, 0.2) is 0 Å². The van der Waals surface area contributed by atoms with Crippen molar-refractivity contribution >= 4 is 23.4 Å². The first-order valence-electron chi connectivity index (χ1n) is 13.1. The number of carbonyl (C=O) groups is 1. The molecular formula is C30H29FN6O3. The Morgan fingerprint density at radius 2 is 1.93 bits per heavy atom. The Balaban J connectivity index is 1.34. The number of nitrogens with zero attached hydrogens (tertiary/aromatic N) is 5. The average Bonchev–Trinajstić information content (AvgIpc) is 2.95. The van der Waals surface area contributed by atoms with Gasteiger partial charge < -0.3 is 14.5 Å². The first-order valence-corrected chi connectivity index (χ1v) is 13.1. The maximum absolute atomic E-state index is 14.9. The van der Waals surface area contributed by atoms with Crippen molar-refractivity contribution in [3.8, 4) is 11.8 Å². The van der Waals surface area contributed by atoms with Crippen LogP contribution in [0.15, 0.2) is 70.2 Å². The molecule has 0 unspecified atom stereocenters. The molecule has 2 aliphatic rings. The Morgan fingerprint density at radius 3 is 2.60 bits per heavy atom. The zero-order valence-corrected chi connectivity index (χ0v) is 22.0. The number of amides is 1. The largest absolute Gasteiger partial charge is 0.490 e. The number of rotatable bonds is 8. The van der Waals surface area contributed by atoms with E-state index in [2.05, 4.69) is 28.5 Å². The van der Waals surface area contributed by atoms with Gasteiger partial charge in [0.25, 0.3) is 11.5 Å². The number of allylic oxidation sites excluding steroid dienone is 2. The third kappa shape index (κ3) is 5.64. The van der Waals surface area contributed by atoms with E-state index in [0.29, 0.717) is 59.8 Å². The molecule has 2 fully saturated rings. The summed E-state index contributed by atoms with van der Waals surface area (Å²) >= 11 is 0. The van der Waals surface area contributed by atoms with Crippen LogP contribution in [0.25, 0.3) is 10.8 Å². The number of aromatic nitrogens is 2. The van der Waals surface area contributed by atoms with Crippen molar-refractivity contribution in [3.63, 3.8) is 0 Å². The molecule has 1 aliphatic carbocycles. The first-order chi connectivity index (χ1) is 19.4. The minimum absolute atomic E-state index is 0.0239. The highest BCUT2D eigenvalue weighted by Gasteiger charge is 2.26. The van der Waals surface area contributed by atoms with Crippen LogP contribution in [0.1, 0.15) is 40.9 Å². The zero-order chi connectivity index (χ0) is 28.2. The molecule has 204 valence electrons. The number of carbonyl (C=O) groups excluding carboxylic acids is 1. The number of hydrogen-bond donors (Lipinski definition) is 1. The van der Waals surface area contributed by atoms with Gasteiger partial charge in [-0.25, -0.2) is 14.5 Å². The molecule has 40 heavy (non-hydrogen) atoms. The lowest BCUT2D eigenvalue weighted by atomic mass is 9.96. The highest BCUT2D eigenvalue weighted by Crippen LogP contribution is 2.28. The molecule has 5 rings (SSSR count). The topological polar surface area (TPSA) is 115 Å². The number of aliphatic imine (C=N–C) groups is 1. The SMILES string of the molecule is C=N/C(=C\C(=C)C#N)N1CCN(C(=O)c2cc(Cc3n[nH]c(=O)c4ccc(OC5CCC5)cc34)ccc2F)CC1. The molecule has 0 spiro atoms. The number of fused-ring (bicyclic) bond motifs is 1. The summed E-state index contributed by atoms with van der Waals surface area (Å²) in [6.45, 7) is 8.81. The summed E-state index contributed by atoms with van der Waals surface area (Å²) in [5.74, 6) is 0.175. The molecule has 10 heteroatoms. The van der Waals surface area contributed by atoms with Gasteiger partial charge in [-0.2, -0.15) is 10.4 Å². The lowest BCUT2D eigenvalue weighted by Crippen LogP contribution is -2.48. The van der Waals surface area contributed by atoms with Crippen molar-refractivity contribution in [2.75, 3.05) is 26.2 Å². The number of hydrogen-bond acceptors (Lipinski definition) is 7. The number of piperazine rings is 1. The van der Waals surface area contributed by atoms with E-state index in [0.717, 1.165) is 19.3 Å². The Morgan fingerprint density at radius 1 is 1.18 bits per heavy atom. The number of benzene rings is 2. The molecule has 0 bridgehead atoms. The fourth-order valence-corrected chi connectivity index (χ4v) is 4.86. The number of H-pyrrole nitrogens is 1. The third-order valence-electron chi connectivity index (χ3n) is 7.33. The minimum atomic E-state index is -0.606. The van der Waals surface area contributed by atoms with E-state index in [9.17, 15) is 14.0 Å². The summed E-state index contributed by atoms with van der Waals surface area (Å²) in [6, 6.07) is 11.7. The molecule has 2 heterocycles. The summed E-state index contributed by atoms with van der Waals surface area (Å²) < 4.78 is 20.9. The van der Waals surface area contributed by atoms with E-state index in [-0.39, 0.29) is 29.2 Å². The van der Waals surface area contributed by atoms with Crippen LogP contribution < -0.4 is 10.3 Å². The van der Waals surface area contributed by atoms with Crippen molar-refractivity contribution < 1.29 is 13.9 Å². The predicted octanol–water partition coefficient (Wildman–Crippen LogP) is 3.96. The van der Waals surface area contributed by atoms with Crippen LogP contribution in [0.2, 0.25) is 0 Å². The van der Waals surface area contributed by atoms with Gasteiger partial charge in [0.2, 0.25) is 0 Å². The van der Waals surface area contributed by atoms with Crippen LogP contribution in [0.5, 0.6) is 5.75 Å². The van der Waals surface area contributed by atoms with E-state index in [4.69, 9.17) is 10.00 Å². The summed E-state index contributed by atoms with van der Waals surface area (Å²) in [4.78, 5) is 33.2. The number of nitriles is 1. The molecule has 2 aromatic carbocycles. The average molecular weight is 541 g/mol. The third-order valence-corrected chi connectivity index (χ3v) is 7.33. The molecule has 0 radical (unpaired) electrons. The number of halogens is 1. The Hall–Kier alpha value is -4.78. The van der Waals surface area contributed by atoms with Gasteiger partial charge in [0, 0.05) is 43.6 Å². The van der Waals surface area contributed by atoms with Crippen LogP contribution in [0.4, 0.5) is 4.39 Å². The van der Waals surface area contributed by atoms with Gasteiger partial charge in [-0.3, -0.25) is 9.59 Å². The molecule has 1 N–H and O–H groups in total. The number of aromatic amines is 1. The monoisotopic (exact) mass is 540 g/mol. The van der Waals surface area contributed by atoms with Gasteiger partial charge in [0.05, 0.1) is 28.8 Å². The van der Waals surface area contributed by atoms with E-state index in [1.165, 1.54) is 6.07 Å². The van der Waals surface area contributed by atoms with Crippen molar-refractivity contribution in [1.82, 2.24) is 20.0 Å². The normalized spacial score (nSPS) is 15.8. The molecule has 1 saturated carbocycles. The second-order valence-electron chi connectivity index (χ2n) is 9.95. The van der Waals surface area contributed by atoms with Crippen molar-refractivity contribution in [3.05, 3.63) is 93.4 Å². The summed E-state index contributed by atoms with van der Waals surface area (Å²) in [6.07, 6.45) is 5.20. The predicted molar refractivity (Wildman–Crippen MR) is 150 cm³/mol. The maximum atomic E-state index is 14.9. The van der Waals surface area contributed by atoms with Crippen molar-refractivity contribution in [2.45, 2.75) is 31.8 Å². The Bertz CT molecular complexity index is 1610. The van der Waals surface area contributed by atoms with Gasteiger partial charge in [-0.1, -0.05) is 12.6 Å². The highest BCUT2D eigenvalue weighted by atomic mass is 19.1. The van der Waals surface area contributed by atoms with Crippen molar-refractivity contribution in [1.29, 1.82) is 5.26 Å². The van der Waals surface area contributed by atoms with E-state index in [1.807, 2.05) is 17.0 Å². The molecule has 9 nitrogen and oxygen atoms in total. The number of ether oxygens (including phenoxy) is 1. The van der Waals surface area contributed by atoms with Gasteiger partial charge in [-0.15, -0.1) is 0 Å². The van der Waals surface area contributed by atoms with Gasteiger partial charge >= 0.3 is 0 Å². The number of nitrogens with one attached hydrogen (secondary N) is 1. The lowest BCUT2D eigenvalue weighted by Gasteiger charge is -2.36. The smallest absolute Gasteiger partial charge is 0.272 e. The van der Waals surface area contributed by atoms with Crippen molar-refractivity contribution in [2.24, 2.45) is 4.99 Å². The van der Waals surface area contributed by atoms with E-state index >= 15 is 0 Å². The standard InChI is InChI=1S/C30H29FN6O3/c1-19(18-32)14-28(33-2)36-10-12-37(13-11-36)30(39)25-15-20(6-9-26(25)31)16-27-24-17-22(40-21-4-3-5-21)7-8-23(24)29(38)35-34-27/h6-9,14-15,17,21H,1-5,10-13,16H2,(H,35,38)/b28-14+.